The van der Waals surface area contributed by atoms with Gasteiger partial charge in [0, 0.05) is 17.4 Å². The Morgan fingerprint density at radius 2 is 2.12 bits per heavy atom. The Hall–Kier alpha value is -1.87. The van der Waals surface area contributed by atoms with E-state index < -0.39 is 21.5 Å². The van der Waals surface area contributed by atoms with E-state index in [2.05, 4.69) is 10.3 Å². The van der Waals surface area contributed by atoms with Crippen LogP contribution in [0.1, 0.15) is 12.8 Å². The van der Waals surface area contributed by atoms with Crippen molar-refractivity contribution in [1.29, 1.82) is 0 Å². The first-order valence-corrected chi connectivity index (χ1v) is 9.94. The molecule has 1 aromatic heterocycles. The molecule has 3 rings (SSSR count). The Balaban J connectivity index is 1.63. The highest BCUT2D eigenvalue weighted by molar-refractivity contribution is 7.91. The van der Waals surface area contributed by atoms with E-state index in [-0.39, 0.29) is 29.8 Å². The molecule has 1 fully saturated rings. The van der Waals surface area contributed by atoms with Gasteiger partial charge in [-0.25, -0.2) is 22.2 Å². The van der Waals surface area contributed by atoms with Crippen molar-refractivity contribution in [3.8, 4) is 11.3 Å². The molecule has 0 spiro atoms. The summed E-state index contributed by atoms with van der Waals surface area (Å²) in [5.74, 6) is -2.20. The molecule has 24 heavy (non-hydrogen) atoms. The van der Waals surface area contributed by atoms with Gasteiger partial charge in [0.1, 0.15) is 0 Å². The molecular formula is C15H14F2N2O3S2. The maximum absolute atomic E-state index is 13.3. The van der Waals surface area contributed by atoms with Crippen LogP contribution in [-0.2, 0) is 14.6 Å². The number of halogens is 2. The molecule has 0 unspecified atom stereocenters. The van der Waals surface area contributed by atoms with Gasteiger partial charge in [-0.2, -0.15) is 0 Å². The molecule has 2 aromatic rings. The molecule has 1 aliphatic heterocycles. The van der Waals surface area contributed by atoms with Crippen LogP contribution in [0.3, 0.4) is 0 Å². The van der Waals surface area contributed by atoms with E-state index in [4.69, 9.17) is 0 Å². The van der Waals surface area contributed by atoms with Gasteiger partial charge in [0.15, 0.2) is 26.6 Å². The molecule has 0 bridgehead atoms. The van der Waals surface area contributed by atoms with Crippen molar-refractivity contribution >= 4 is 32.2 Å². The van der Waals surface area contributed by atoms with Gasteiger partial charge >= 0.3 is 0 Å². The molecular weight excluding hydrogens is 358 g/mol. The lowest BCUT2D eigenvalue weighted by molar-refractivity contribution is -0.116. The molecule has 0 saturated carbocycles. The Kier molecular flexibility index (Phi) is 4.64. The largest absolute Gasteiger partial charge is 0.302 e. The fourth-order valence-corrected chi connectivity index (χ4v) is 5.18. The Morgan fingerprint density at radius 3 is 2.79 bits per heavy atom. The summed E-state index contributed by atoms with van der Waals surface area (Å²) in [6.45, 7) is 0. The Bertz CT molecular complexity index is 881. The van der Waals surface area contributed by atoms with Crippen LogP contribution < -0.4 is 5.32 Å². The fourth-order valence-electron chi connectivity index (χ4n) is 2.58. The number of rotatable bonds is 4. The maximum atomic E-state index is 13.3. The summed E-state index contributed by atoms with van der Waals surface area (Å²) in [7, 11) is -3.01. The second-order valence-corrected chi connectivity index (χ2v) is 8.77. The monoisotopic (exact) mass is 372 g/mol. The number of thiazole rings is 1. The summed E-state index contributed by atoms with van der Waals surface area (Å²) in [5.41, 5.74) is 0.838. The molecule has 1 aliphatic rings. The van der Waals surface area contributed by atoms with Crippen LogP contribution in [-0.4, -0.2) is 30.8 Å². The average molecular weight is 372 g/mol. The zero-order valence-corrected chi connectivity index (χ0v) is 14.1. The predicted octanol–water partition coefficient (Wildman–Crippen LogP) is 2.85. The number of carbonyl (C=O) groups excluding carboxylic acids is 1. The number of hydrogen-bond donors (Lipinski definition) is 1. The van der Waals surface area contributed by atoms with Crippen LogP contribution in [0.25, 0.3) is 11.3 Å². The van der Waals surface area contributed by atoms with Gasteiger partial charge in [0.05, 0.1) is 17.2 Å². The maximum Gasteiger partial charge on any atom is 0.226 e. The van der Waals surface area contributed by atoms with E-state index in [1.165, 1.54) is 6.07 Å². The standard InChI is InChI=1S/C15H14F2N2O3S2/c16-11-2-1-10(6-12(11)17)13-7-23-15(18-13)19-14(20)5-9-3-4-24(21,22)8-9/h1-2,6-7,9H,3-5,8H2,(H,18,19,20)/t9-/m0/s1. The van der Waals surface area contributed by atoms with Crippen LogP contribution in [0.4, 0.5) is 13.9 Å². The van der Waals surface area contributed by atoms with E-state index in [1.807, 2.05) is 0 Å². The molecule has 0 radical (unpaired) electrons. The van der Waals surface area contributed by atoms with Crippen molar-refractivity contribution in [2.24, 2.45) is 5.92 Å². The minimum Gasteiger partial charge on any atom is -0.302 e. The number of hydrogen-bond acceptors (Lipinski definition) is 5. The quantitative estimate of drug-likeness (QED) is 0.895. The predicted molar refractivity (Wildman–Crippen MR) is 87.5 cm³/mol. The second kappa shape index (κ2) is 6.56. The average Bonchev–Trinajstić information content (AvgIpc) is 3.08. The molecule has 1 aromatic carbocycles. The number of aromatic nitrogens is 1. The third-order valence-electron chi connectivity index (χ3n) is 3.77. The van der Waals surface area contributed by atoms with Gasteiger partial charge in [-0.15, -0.1) is 11.3 Å². The fraction of sp³-hybridized carbons (Fsp3) is 0.333. The van der Waals surface area contributed by atoms with Crippen molar-refractivity contribution in [2.75, 3.05) is 16.8 Å². The van der Waals surface area contributed by atoms with Gasteiger partial charge in [-0.3, -0.25) is 4.79 Å². The minimum absolute atomic E-state index is 0.0401. The van der Waals surface area contributed by atoms with Gasteiger partial charge in [-0.1, -0.05) is 0 Å². The molecule has 1 N–H and O–H groups in total. The number of amides is 1. The van der Waals surface area contributed by atoms with Crippen LogP contribution in [0.15, 0.2) is 23.6 Å². The van der Waals surface area contributed by atoms with Crippen LogP contribution >= 0.6 is 11.3 Å². The molecule has 0 aliphatic carbocycles. The molecule has 128 valence electrons. The number of anilines is 1. The van der Waals surface area contributed by atoms with Gasteiger partial charge < -0.3 is 5.32 Å². The summed E-state index contributed by atoms with van der Waals surface area (Å²) in [6, 6.07) is 3.46. The molecule has 2 heterocycles. The van der Waals surface area contributed by atoms with Gasteiger partial charge in [0.2, 0.25) is 5.91 Å². The highest BCUT2D eigenvalue weighted by Gasteiger charge is 2.29. The van der Waals surface area contributed by atoms with E-state index in [0.29, 0.717) is 22.8 Å². The van der Waals surface area contributed by atoms with Crippen molar-refractivity contribution in [3.63, 3.8) is 0 Å². The Labute approximate surface area is 141 Å². The van der Waals surface area contributed by atoms with E-state index >= 15 is 0 Å². The summed E-state index contributed by atoms with van der Waals surface area (Å²) >= 11 is 1.16. The smallest absolute Gasteiger partial charge is 0.226 e. The highest BCUT2D eigenvalue weighted by Crippen LogP contribution is 2.27. The van der Waals surface area contributed by atoms with Crippen LogP contribution in [0.2, 0.25) is 0 Å². The molecule has 1 saturated heterocycles. The number of nitrogens with one attached hydrogen (secondary N) is 1. The summed E-state index contributed by atoms with van der Waals surface area (Å²) in [5, 5.41) is 4.58. The van der Waals surface area contributed by atoms with Gasteiger partial charge in [-0.05, 0) is 30.5 Å². The Morgan fingerprint density at radius 1 is 1.33 bits per heavy atom. The molecule has 9 heteroatoms. The second-order valence-electron chi connectivity index (χ2n) is 5.69. The number of carbonyl (C=O) groups is 1. The number of nitrogens with zero attached hydrogens (tertiary/aromatic N) is 1. The summed E-state index contributed by atoms with van der Waals surface area (Å²) < 4.78 is 49.0. The zero-order valence-electron chi connectivity index (χ0n) is 12.5. The lowest BCUT2D eigenvalue weighted by Gasteiger charge is -2.06. The van der Waals surface area contributed by atoms with E-state index in [1.54, 1.807) is 5.38 Å². The number of benzene rings is 1. The van der Waals surface area contributed by atoms with E-state index in [9.17, 15) is 22.0 Å². The normalized spacial score (nSPS) is 19.3. The first kappa shape index (κ1) is 17.0. The lowest BCUT2D eigenvalue weighted by atomic mass is 10.1. The SMILES string of the molecule is O=C(C[C@@H]1CCS(=O)(=O)C1)Nc1nc(-c2ccc(F)c(F)c2)cs1. The van der Waals surface area contributed by atoms with Crippen molar-refractivity contribution in [1.82, 2.24) is 4.98 Å². The first-order chi connectivity index (χ1) is 11.3. The van der Waals surface area contributed by atoms with Crippen LogP contribution in [0, 0.1) is 17.6 Å². The van der Waals surface area contributed by atoms with E-state index in [0.717, 1.165) is 23.5 Å². The first-order valence-electron chi connectivity index (χ1n) is 7.23. The topological polar surface area (TPSA) is 76.1 Å². The van der Waals surface area contributed by atoms with Gasteiger partial charge in [0.25, 0.3) is 0 Å². The van der Waals surface area contributed by atoms with Crippen LogP contribution in [0.5, 0.6) is 0 Å². The molecule has 1 atom stereocenters. The lowest BCUT2D eigenvalue weighted by Crippen LogP contribution is -2.17. The third kappa shape index (κ3) is 3.96. The molecule has 5 nitrogen and oxygen atoms in total. The summed E-state index contributed by atoms with van der Waals surface area (Å²) in [6.07, 6.45) is 0.618. The van der Waals surface area contributed by atoms with Crippen molar-refractivity contribution in [2.45, 2.75) is 12.8 Å². The van der Waals surface area contributed by atoms with Crippen molar-refractivity contribution in [3.05, 3.63) is 35.2 Å². The number of sulfone groups is 1. The third-order valence-corrected chi connectivity index (χ3v) is 6.36. The molecule has 1 amide bonds. The summed E-state index contributed by atoms with van der Waals surface area (Å²) in [4.78, 5) is 16.1. The zero-order chi connectivity index (χ0) is 17.3. The van der Waals surface area contributed by atoms with Crippen molar-refractivity contribution < 1.29 is 22.0 Å². The minimum atomic E-state index is -3.01. The highest BCUT2D eigenvalue weighted by atomic mass is 32.2.